The monoisotopic (exact) mass is 268 g/mol. The third-order valence-corrected chi connectivity index (χ3v) is 2.75. The minimum Gasteiger partial charge on any atom is -0.444 e. The molecule has 0 saturated heterocycles. The van der Waals surface area contributed by atoms with E-state index in [1.807, 2.05) is 24.3 Å². The largest absolute Gasteiger partial charge is 0.444 e. The van der Waals surface area contributed by atoms with Crippen LogP contribution in [0.4, 0.5) is 5.69 Å². The Kier molecular flexibility index (Phi) is 3.28. The van der Waals surface area contributed by atoms with E-state index in [0.29, 0.717) is 5.76 Å². The number of aromatic nitrogens is 3. The molecule has 0 unspecified atom stereocenters. The normalized spacial score (nSPS) is 10.4. The Labute approximate surface area is 115 Å². The molecule has 0 bridgehead atoms. The Hall–Kier alpha value is -2.89. The third kappa shape index (κ3) is 2.74. The average Bonchev–Trinajstić information content (AvgIpc) is 3.12. The van der Waals surface area contributed by atoms with Crippen molar-refractivity contribution in [2.24, 2.45) is 0 Å². The predicted molar refractivity (Wildman–Crippen MR) is 72.8 cm³/mol. The van der Waals surface area contributed by atoms with E-state index >= 15 is 0 Å². The molecule has 1 amide bonds. The van der Waals surface area contributed by atoms with Gasteiger partial charge >= 0.3 is 0 Å². The molecule has 0 saturated carbocycles. The number of hydrogen-bond donors (Lipinski definition) is 1. The van der Waals surface area contributed by atoms with Crippen LogP contribution in [0.25, 0.3) is 11.3 Å². The fourth-order valence-electron chi connectivity index (χ4n) is 1.82. The number of carbonyl (C=O) groups is 1. The zero-order valence-electron chi connectivity index (χ0n) is 10.6. The summed E-state index contributed by atoms with van der Waals surface area (Å²) in [6.45, 7) is 0.191. The number of oxazole rings is 1. The van der Waals surface area contributed by atoms with E-state index in [-0.39, 0.29) is 12.5 Å². The Morgan fingerprint density at radius 3 is 2.80 bits per heavy atom. The fraction of sp³-hybridized carbons (Fsp3) is 0.0714. The van der Waals surface area contributed by atoms with E-state index in [1.54, 1.807) is 29.3 Å². The van der Waals surface area contributed by atoms with Crippen molar-refractivity contribution >= 4 is 11.6 Å². The lowest BCUT2D eigenvalue weighted by molar-refractivity contribution is -0.116. The summed E-state index contributed by atoms with van der Waals surface area (Å²) >= 11 is 0. The molecular formula is C14H12N4O2. The summed E-state index contributed by atoms with van der Waals surface area (Å²) in [6, 6.07) is 9.14. The summed E-state index contributed by atoms with van der Waals surface area (Å²) in [6.07, 6.45) is 6.41. The fourth-order valence-corrected chi connectivity index (χ4v) is 1.82. The molecule has 0 aliphatic rings. The van der Waals surface area contributed by atoms with Crippen LogP contribution in [-0.4, -0.2) is 20.7 Å². The van der Waals surface area contributed by atoms with E-state index in [1.165, 1.54) is 6.39 Å². The first-order valence-corrected chi connectivity index (χ1v) is 6.07. The van der Waals surface area contributed by atoms with Crippen molar-refractivity contribution in [3.05, 3.63) is 55.3 Å². The van der Waals surface area contributed by atoms with Crippen LogP contribution in [0.3, 0.4) is 0 Å². The van der Waals surface area contributed by atoms with Crippen LogP contribution in [-0.2, 0) is 11.3 Å². The van der Waals surface area contributed by atoms with E-state index in [0.717, 1.165) is 11.3 Å². The summed E-state index contributed by atoms with van der Waals surface area (Å²) in [7, 11) is 0. The molecule has 20 heavy (non-hydrogen) atoms. The van der Waals surface area contributed by atoms with Gasteiger partial charge < -0.3 is 9.73 Å². The molecule has 0 aliphatic carbocycles. The van der Waals surface area contributed by atoms with Crippen LogP contribution in [0.1, 0.15) is 0 Å². The second kappa shape index (κ2) is 5.40. The van der Waals surface area contributed by atoms with Crippen molar-refractivity contribution in [1.29, 1.82) is 0 Å². The molecule has 6 nitrogen and oxygen atoms in total. The number of carbonyl (C=O) groups excluding carboxylic acids is 1. The summed E-state index contributed by atoms with van der Waals surface area (Å²) in [5.41, 5.74) is 1.64. The van der Waals surface area contributed by atoms with Gasteiger partial charge in [0.25, 0.3) is 0 Å². The highest BCUT2D eigenvalue weighted by Crippen LogP contribution is 2.20. The molecule has 2 aromatic heterocycles. The van der Waals surface area contributed by atoms with Gasteiger partial charge in [0.2, 0.25) is 5.91 Å². The quantitative estimate of drug-likeness (QED) is 0.787. The molecule has 0 aliphatic heterocycles. The number of amides is 1. The van der Waals surface area contributed by atoms with Crippen molar-refractivity contribution in [3.8, 4) is 11.3 Å². The van der Waals surface area contributed by atoms with Crippen LogP contribution in [0.15, 0.2) is 59.7 Å². The zero-order chi connectivity index (χ0) is 13.8. The molecule has 0 spiro atoms. The van der Waals surface area contributed by atoms with Crippen molar-refractivity contribution in [2.75, 3.05) is 5.32 Å². The number of hydrogen-bond acceptors (Lipinski definition) is 4. The third-order valence-electron chi connectivity index (χ3n) is 2.75. The lowest BCUT2D eigenvalue weighted by Gasteiger charge is -2.06. The molecule has 1 aromatic carbocycles. The van der Waals surface area contributed by atoms with Crippen molar-refractivity contribution in [3.63, 3.8) is 0 Å². The van der Waals surface area contributed by atoms with Gasteiger partial charge in [0, 0.05) is 23.6 Å². The van der Waals surface area contributed by atoms with Crippen molar-refractivity contribution < 1.29 is 9.21 Å². The van der Waals surface area contributed by atoms with Gasteiger partial charge in [-0.1, -0.05) is 0 Å². The summed E-state index contributed by atoms with van der Waals surface area (Å²) < 4.78 is 6.77. The lowest BCUT2D eigenvalue weighted by Crippen LogP contribution is -2.18. The van der Waals surface area contributed by atoms with Crippen LogP contribution in [0.2, 0.25) is 0 Å². The maximum atomic E-state index is 11.8. The van der Waals surface area contributed by atoms with Gasteiger partial charge in [-0.25, -0.2) is 4.98 Å². The SMILES string of the molecule is O=C(Cn1cccn1)Nc1ccc(-c2cnco2)cc1. The molecule has 3 aromatic rings. The number of anilines is 1. The first kappa shape index (κ1) is 12.2. The molecule has 6 heteroatoms. The topological polar surface area (TPSA) is 73.0 Å². The van der Waals surface area contributed by atoms with Crippen LogP contribution in [0.5, 0.6) is 0 Å². The minimum atomic E-state index is -0.124. The van der Waals surface area contributed by atoms with Crippen LogP contribution < -0.4 is 5.32 Å². The summed E-state index contributed by atoms with van der Waals surface area (Å²) in [5, 5.41) is 6.79. The molecule has 0 fully saturated rings. The van der Waals surface area contributed by atoms with Gasteiger partial charge in [-0.15, -0.1) is 0 Å². The second-order valence-corrected chi connectivity index (χ2v) is 4.19. The second-order valence-electron chi connectivity index (χ2n) is 4.19. The van der Waals surface area contributed by atoms with E-state index < -0.39 is 0 Å². The standard InChI is InChI=1S/C14H12N4O2/c19-14(9-18-7-1-6-16-18)17-12-4-2-11(3-5-12)13-8-15-10-20-13/h1-8,10H,9H2,(H,17,19). The van der Waals surface area contributed by atoms with Gasteiger partial charge in [0.1, 0.15) is 6.54 Å². The number of nitrogens with one attached hydrogen (secondary N) is 1. The minimum absolute atomic E-state index is 0.124. The highest BCUT2D eigenvalue weighted by atomic mass is 16.3. The molecule has 2 heterocycles. The van der Waals surface area contributed by atoms with Crippen molar-refractivity contribution in [2.45, 2.75) is 6.54 Å². The highest BCUT2D eigenvalue weighted by molar-refractivity contribution is 5.90. The van der Waals surface area contributed by atoms with Gasteiger partial charge in [-0.2, -0.15) is 5.10 Å². The summed E-state index contributed by atoms with van der Waals surface area (Å²) in [4.78, 5) is 15.7. The highest BCUT2D eigenvalue weighted by Gasteiger charge is 2.05. The number of rotatable bonds is 4. The molecule has 0 atom stereocenters. The first-order chi connectivity index (χ1) is 9.81. The Morgan fingerprint density at radius 2 is 2.15 bits per heavy atom. The van der Waals surface area contributed by atoms with Crippen LogP contribution >= 0.6 is 0 Å². The summed E-state index contributed by atoms with van der Waals surface area (Å²) in [5.74, 6) is 0.570. The molecular weight excluding hydrogens is 256 g/mol. The molecule has 100 valence electrons. The van der Waals surface area contributed by atoms with Crippen LogP contribution in [0, 0.1) is 0 Å². The van der Waals surface area contributed by atoms with E-state index in [4.69, 9.17) is 4.42 Å². The Bertz CT molecular complexity index is 673. The molecule has 1 N–H and O–H groups in total. The number of nitrogens with zero attached hydrogens (tertiary/aromatic N) is 3. The lowest BCUT2D eigenvalue weighted by atomic mass is 10.2. The van der Waals surface area contributed by atoms with Gasteiger partial charge in [-0.3, -0.25) is 9.48 Å². The van der Waals surface area contributed by atoms with Crippen molar-refractivity contribution in [1.82, 2.24) is 14.8 Å². The van der Waals surface area contributed by atoms with Gasteiger partial charge in [0.15, 0.2) is 12.2 Å². The maximum absolute atomic E-state index is 11.8. The predicted octanol–water partition coefficient (Wildman–Crippen LogP) is 2.18. The first-order valence-electron chi connectivity index (χ1n) is 6.07. The Balaban J connectivity index is 1.65. The van der Waals surface area contributed by atoms with Gasteiger partial charge in [-0.05, 0) is 30.3 Å². The van der Waals surface area contributed by atoms with E-state index in [9.17, 15) is 4.79 Å². The Morgan fingerprint density at radius 1 is 1.30 bits per heavy atom. The maximum Gasteiger partial charge on any atom is 0.246 e. The molecule has 3 rings (SSSR count). The zero-order valence-corrected chi connectivity index (χ0v) is 10.6. The number of benzene rings is 1. The smallest absolute Gasteiger partial charge is 0.246 e. The average molecular weight is 268 g/mol. The van der Waals surface area contributed by atoms with Gasteiger partial charge in [0.05, 0.1) is 6.20 Å². The molecule has 0 radical (unpaired) electrons. The van der Waals surface area contributed by atoms with E-state index in [2.05, 4.69) is 15.4 Å².